The normalized spacial score (nSPS) is 11.5. The molecule has 0 fully saturated rings. The lowest BCUT2D eigenvalue weighted by atomic mass is 9.97. The van der Waals surface area contributed by atoms with Gasteiger partial charge in [-0.15, -0.1) is 0 Å². The van der Waals surface area contributed by atoms with Gasteiger partial charge in [-0.25, -0.2) is 0 Å². The number of aromatic nitrogens is 1. The smallest absolute Gasteiger partial charge is 0.0547 e. The molecule has 1 heterocycles. The monoisotopic (exact) mass is 600 g/mol. The van der Waals surface area contributed by atoms with Gasteiger partial charge in [-0.05, 0) is 63.9 Å². The van der Waals surface area contributed by atoms with Gasteiger partial charge in [-0.3, -0.25) is 0 Å². The number of rotatable bonds is 6. The van der Waals surface area contributed by atoms with Crippen LogP contribution in [-0.4, -0.2) is 4.57 Å². The molecule has 0 bridgehead atoms. The quantitative estimate of drug-likeness (QED) is 0.184. The van der Waals surface area contributed by atoms with E-state index in [9.17, 15) is 0 Å². The molecule has 0 unspecified atom stereocenters. The Morgan fingerprint density at radius 3 is 1.68 bits per heavy atom. The van der Waals surface area contributed by atoms with E-state index in [2.05, 4.69) is 191 Å². The van der Waals surface area contributed by atoms with Crippen molar-refractivity contribution in [2.45, 2.75) is 6.54 Å². The third-order valence-electron chi connectivity index (χ3n) is 9.46. The van der Waals surface area contributed by atoms with E-state index in [4.69, 9.17) is 0 Å². The first-order valence-corrected chi connectivity index (χ1v) is 16.2. The first-order chi connectivity index (χ1) is 23.3. The predicted octanol–water partition coefficient (Wildman–Crippen LogP) is 12.1. The Labute approximate surface area is 274 Å². The summed E-state index contributed by atoms with van der Waals surface area (Å²) in [7, 11) is 0. The zero-order chi connectivity index (χ0) is 31.2. The van der Waals surface area contributed by atoms with Crippen LogP contribution in [0.15, 0.2) is 182 Å². The summed E-state index contributed by atoms with van der Waals surface area (Å²) in [4.78, 5) is 2.50. The minimum atomic E-state index is 0.720. The molecule has 2 heteroatoms. The molecule has 0 radical (unpaired) electrons. The van der Waals surface area contributed by atoms with Crippen LogP contribution in [0.5, 0.6) is 0 Å². The molecule has 0 N–H and O–H groups in total. The number of hydrogen-bond donors (Lipinski definition) is 0. The van der Waals surface area contributed by atoms with Crippen molar-refractivity contribution in [3.8, 4) is 16.8 Å². The van der Waals surface area contributed by atoms with Gasteiger partial charge in [0.1, 0.15) is 0 Å². The van der Waals surface area contributed by atoms with Crippen molar-refractivity contribution in [1.29, 1.82) is 0 Å². The molecule has 0 saturated heterocycles. The molecular formula is C45H32N2. The van der Waals surface area contributed by atoms with E-state index in [0.717, 1.165) is 6.54 Å². The Morgan fingerprint density at radius 2 is 0.957 bits per heavy atom. The van der Waals surface area contributed by atoms with Crippen molar-refractivity contribution in [2.24, 2.45) is 0 Å². The van der Waals surface area contributed by atoms with Gasteiger partial charge in [0.05, 0.1) is 11.0 Å². The summed E-state index contributed by atoms with van der Waals surface area (Å²) in [6, 6.07) is 66.0. The van der Waals surface area contributed by atoms with E-state index in [-0.39, 0.29) is 0 Å². The van der Waals surface area contributed by atoms with Crippen molar-refractivity contribution in [3.05, 3.63) is 188 Å². The van der Waals surface area contributed by atoms with Crippen molar-refractivity contribution in [2.75, 3.05) is 4.90 Å². The van der Waals surface area contributed by atoms with Crippen LogP contribution in [0.1, 0.15) is 5.56 Å². The highest BCUT2D eigenvalue weighted by Crippen LogP contribution is 2.40. The second-order valence-electron chi connectivity index (χ2n) is 12.2. The van der Waals surface area contributed by atoms with Gasteiger partial charge < -0.3 is 9.47 Å². The average Bonchev–Trinajstić information content (AvgIpc) is 3.48. The summed E-state index contributed by atoms with van der Waals surface area (Å²) in [6.45, 7) is 0.720. The highest BCUT2D eigenvalue weighted by molar-refractivity contribution is 6.10. The highest BCUT2D eigenvalue weighted by atomic mass is 15.1. The number of fused-ring (bicyclic) bond motifs is 5. The van der Waals surface area contributed by atoms with Gasteiger partial charge >= 0.3 is 0 Å². The van der Waals surface area contributed by atoms with E-state index in [1.807, 2.05) is 0 Å². The Hall–Kier alpha value is -6.12. The van der Waals surface area contributed by atoms with Crippen molar-refractivity contribution < 1.29 is 0 Å². The summed E-state index contributed by atoms with van der Waals surface area (Å²) in [5, 5.41) is 7.50. The fraction of sp³-hybridized carbons (Fsp3) is 0.0222. The second kappa shape index (κ2) is 11.3. The van der Waals surface area contributed by atoms with E-state index in [1.165, 1.54) is 77.1 Å². The average molecular weight is 601 g/mol. The lowest BCUT2D eigenvalue weighted by molar-refractivity contribution is 0.988. The molecule has 0 aliphatic rings. The molecule has 8 aromatic carbocycles. The van der Waals surface area contributed by atoms with Crippen LogP contribution < -0.4 is 4.90 Å². The first kappa shape index (κ1) is 27.2. The standard InChI is InChI=1S/C45H32N2/c1-2-19-36(20-3-1)47-44-25-11-10-24-40(44)41-29-28-34(30-45(41)47)37-21-7-6-16-35(37)31-46(42-26-12-17-32-14-4-8-22-38(32)42)43-27-13-18-33-15-5-9-23-39(33)43/h1-30H,31H2. The maximum absolute atomic E-state index is 2.50. The number of hydrogen-bond acceptors (Lipinski definition) is 1. The molecule has 1 aromatic heterocycles. The number of nitrogens with zero attached hydrogens (tertiary/aromatic N) is 2. The number of benzene rings is 8. The van der Waals surface area contributed by atoms with Crippen molar-refractivity contribution in [1.82, 2.24) is 4.57 Å². The van der Waals surface area contributed by atoms with E-state index in [1.54, 1.807) is 0 Å². The molecule has 47 heavy (non-hydrogen) atoms. The fourth-order valence-corrected chi connectivity index (χ4v) is 7.29. The van der Waals surface area contributed by atoms with Crippen LogP contribution in [0.2, 0.25) is 0 Å². The van der Waals surface area contributed by atoms with Crippen LogP contribution >= 0.6 is 0 Å². The summed E-state index contributed by atoms with van der Waals surface area (Å²) in [5.74, 6) is 0. The molecule has 0 amide bonds. The Bertz CT molecular complexity index is 2470. The summed E-state index contributed by atoms with van der Waals surface area (Å²) in [6.07, 6.45) is 0. The lowest BCUT2D eigenvalue weighted by Crippen LogP contribution is -2.18. The van der Waals surface area contributed by atoms with Gasteiger partial charge in [0.15, 0.2) is 0 Å². The first-order valence-electron chi connectivity index (χ1n) is 16.2. The molecule has 0 spiro atoms. The zero-order valence-corrected chi connectivity index (χ0v) is 25.9. The third-order valence-corrected chi connectivity index (χ3v) is 9.46. The van der Waals surface area contributed by atoms with Crippen LogP contribution in [0, 0.1) is 0 Å². The molecule has 0 aliphatic heterocycles. The Balaban J connectivity index is 1.24. The lowest BCUT2D eigenvalue weighted by Gasteiger charge is -2.29. The molecular weight excluding hydrogens is 569 g/mol. The molecule has 9 aromatic rings. The Morgan fingerprint density at radius 1 is 0.404 bits per heavy atom. The van der Waals surface area contributed by atoms with E-state index in [0.29, 0.717) is 0 Å². The van der Waals surface area contributed by atoms with Gasteiger partial charge in [0, 0.05) is 45.2 Å². The van der Waals surface area contributed by atoms with Crippen LogP contribution in [0.25, 0.3) is 60.2 Å². The number of para-hydroxylation sites is 2. The predicted molar refractivity (Wildman–Crippen MR) is 200 cm³/mol. The largest absolute Gasteiger partial charge is 0.336 e. The fourth-order valence-electron chi connectivity index (χ4n) is 7.29. The minimum absolute atomic E-state index is 0.720. The molecule has 222 valence electrons. The molecule has 2 nitrogen and oxygen atoms in total. The van der Waals surface area contributed by atoms with Gasteiger partial charge in [-0.1, -0.05) is 146 Å². The van der Waals surface area contributed by atoms with Crippen LogP contribution in [-0.2, 0) is 6.54 Å². The third kappa shape index (κ3) is 4.65. The van der Waals surface area contributed by atoms with Gasteiger partial charge in [0.2, 0.25) is 0 Å². The number of anilines is 2. The van der Waals surface area contributed by atoms with Crippen LogP contribution in [0.3, 0.4) is 0 Å². The molecule has 0 saturated carbocycles. The van der Waals surface area contributed by atoms with Crippen LogP contribution in [0.4, 0.5) is 11.4 Å². The summed E-state index contributed by atoms with van der Waals surface area (Å²) in [5.41, 5.74) is 9.73. The zero-order valence-electron chi connectivity index (χ0n) is 25.9. The van der Waals surface area contributed by atoms with Gasteiger partial charge in [-0.2, -0.15) is 0 Å². The van der Waals surface area contributed by atoms with Crippen molar-refractivity contribution >= 4 is 54.7 Å². The van der Waals surface area contributed by atoms with E-state index < -0.39 is 0 Å². The maximum atomic E-state index is 2.50. The molecule has 0 atom stereocenters. The van der Waals surface area contributed by atoms with Gasteiger partial charge in [0.25, 0.3) is 0 Å². The minimum Gasteiger partial charge on any atom is -0.336 e. The Kier molecular flexibility index (Phi) is 6.57. The highest BCUT2D eigenvalue weighted by Gasteiger charge is 2.19. The molecule has 0 aliphatic carbocycles. The van der Waals surface area contributed by atoms with Crippen molar-refractivity contribution in [3.63, 3.8) is 0 Å². The SMILES string of the molecule is c1ccc(-n2c3ccccc3c3ccc(-c4ccccc4CN(c4cccc5ccccc45)c4cccc5ccccc45)cc32)cc1. The van der Waals surface area contributed by atoms with E-state index >= 15 is 0 Å². The topological polar surface area (TPSA) is 8.17 Å². The summed E-state index contributed by atoms with van der Waals surface area (Å²) >= 11 is 0. The molecule has 9 rings (SSSR count). The summed E-state index contributed by atoms with van der Waals surface area (Å²) < 4.78 is 2.40. The second-order valence-corrected chi connectivity index (χ2v) is 12.2. The maximum Gasteiger partial charge on any atom is 0.0547 e.